The van der Waals surface area contributed by atoms with Crippen molar-refractivity contribution in [2.24, 2.45) is 11.8 Å². The second-order valence-electron chi connectivity index (χ2n) is 7.09. The molecule has 23 heavy (non-hydrogen) atoms. The molecular formula is C19H27ClN2O. The third-order valence-corrected chi connectivity index (χ3v) is 5.78. The van der Waals surface area contributed by atoms with Crippen LogP contribution in [0.4, 0.5) is 0 Å². The fraction of sp³-hybridized carbons (Fsp3) is 0.632. The minimum atomic E-state index is -0.00972. The molecule has 2 heterocycles. The van der Waals surface area contributed by atoms with Crippen LogP contribution in [-0.4, -0.2) is 42.9 Å². The normalized spacial score (nSPS) is 22.9. The highest BCUT2D eigenvalue weighted by molar-refractivity contribution is 6.34. The maximum absolute atomic E-state index is 13.3. The third kappa shape index (κ3) is 3.96. The zero-order chi connectivity index (χ0) is 16.2. The molecule has 0 aromatic heterocycles. The number of halogens is 1. The van der Waals surface area contributed by atoms with Crippen LogP contribution in [0.2, 0.25) is 5.02 Å². The van der Waals surface area contributed by atoms with Crippen LogP contribution in [0.1, 0.15) is 43.0 Å². The van der Waals surface area contributed by atoms with Crippen molar-refractivity contribution in [2.75, 3.05) is 26.2 Å². The number of hydrogen-bond donors (Lipinski definition) is 1. The Bertz CT molecular complexity index is 534. The Kier molecular flexibility index (Phi) is 5.73. The minimum absolute atomic E-state index is 0.00972. The van der Waals surface area contributed by atoms with Crippen molar-refractivity contribution in [1.82, 2.24) is 10.2 Å². The number of benzene rings is 1. The number of likely N-dealkylation sites (tertiary alicyclic amines) is 1. The number of nitrogens with one attached hydrogen (secondary N) is 1. The van der Waals surface area contributed by atoms with Crippen LogP contribution in [0.3, 0.4) is 0 Å². The van der Waals surface area contributed by atoms with Gasteiger partial charge < -0.3 is 5.32 Å². The molecule has 0 radical (unpaired) electrons. The molecule has 126 valence electrons. The summed E-state index contributed by atoms with van der Waals surface area (Å²) >= 11 is 6.31. The average Bonchev–Trinajstić information content (AvgIpc) is 2.58. The molecule has 0 aliphatic carbocycles. The van der Waals surface area contributed by atoms with Gasteiger partial charge in [-0.15, -0.1) is 0 Å². The smallest absolute Gasteiger partial charge is 0.181 e. The van der Waals surface area contributed by atoms with Gasteiger partial charge in [0.15, 0.2) is 5.78 Å². The number of ketones is 1. The van der Waals surface area contributed by atoms with E-state index in [0.717, 1.165) is 44.9 Å². The molecule has 0 saturated carbocycles. The van der Waals surface area contributed by atoms with Gasteiger partial charge in [-0.25, -0.2) is 0 Å². The van der Waals surface area contributed by atoms with Crippen molar-refractivity contribution in [3.05, 3.63) is 34.9 Å². The van der Waals surface area contributed by atoms with Crippen LogP contribution in [0.5, 0.6) is 0 Å². The standard InChI is InChI=1S/C19H27ClN2O/c1-14-8-12-22(13-9-14)18(15-6-10-21-11-7-15)19(23)16-4-2-3-5-17(16)20/h2-5,14-15,18,21H,6-13H2,1H3. The van der Waals surface area contributed by atoms with Gasteiger partial charge in [0.2, 0.25) is 0 Å². The number of carbonyl (C=O) groups is 1. The van der Waals surface area contributed by atoms with E-state index in [4.69, 9.17) is 11.6 Å². The molecule has 2 fully saturated rings. The Hall–Kier alpha value is -0.900. The highest BCUT2D eigenvalue weighted by Gasteiger charge is 2.36. The summed E-state index contributed by atoms with van der Waals surface area (Å²) in [5, 5.41) is 4.00. The molecular weight excluding hydrogens is 308 g/mol. The number of piperidine rings is 2. The van der Waals surface area contributed by atoms with Gasteiger partial charge in [-0.2, -0.15) is 0 Å². The predicted molar refractivity (Wildman–Crippen MR) is 95.1 cm³/mol. The molecule has 0 spiro atoms. The molecule has 2 aliphatic heterocycles. The van der Waals surface area contributed by atoms with Crippen molar-refractivity contribution in [3.8, 4) is 0 Å². The van der Waals surface area contributed by atoms with Crippen molar-refractivity contribution < 1.29 is 4.79 Å². The van der Waals surface area contributed by atoms with Crippen LogP contribution in [0.25, 0.3) is 0 Å². The van der Waals surface area contributed by atoms with Crippen LogP contribution >= 0.6 is 11.6 Å². The van der Waals surface area contributed by atoms with Crippen LogP contribution < -0.4 is 5.32 Å². The SMILES string of the molecule is CC1CCN(C(C(=O)c2ccccc2Cl)C2CCNCC2)CC1. The largest absolute Gasteiger partial charge is 0.317 e. The fourth-order valence-corrected chi connectivity index (χ4v) is 4.19. The van der Waals surface area contributed by atoms with E-state index in [1.54, 1.807) is 0 Å². The van der Waals surface area contributed by atoms with Crippen molar-refractivity contribution in [1.29, 1.82) is 0 Å². The molecule has 0 bridgehead atoms. The van der Waals surface area contributed by atoms with Gasteiger partial charge in [-0.1, -0.05) is 30.7 Å². The Morgan fingerprint density at radius 2 is 1.83 bits per heavy atom. The molecule has 1 aromatic carbocycles. The van der Waals surface area contributed by atoms with Gasteiger partial charge in [0.05, 0.1) is 11.1 Å². The lowest BCUT2D eigenvalue weighted by molar-refractivity contribution is 0.0573. The van der Waals surface area contributed by atoms with E-state index in [1.165, 1.54) is 12.8 Å². The maximum Gasteiger partial charge on any atom is 0.181 e. The lowest BCUT2D eigenvalue weighted by atomic mass is 9.83. The van der Waals surface area contributed by atoms with E-state index in [0.29, 0.717) is 16.5 Å². The van der Waals surface area contributed by atoms with Crippen LogP contribution in [-0.2, 0) is 0 Å². The van der Waals surface area contributed by atoms with Crippen molar-refractivity contribution in [2.45, 2.75) is 38.6 Å². The topological polar surface area (TPSA) is 32.3 Å². The summed E-state index contributed by atoms with van der Waals surface area (Å²) in [7, 11) is 0. The lowest BCUT2D eigenvalue weighted by Crippen LogP contribution is -2.51. The van der Waals surface area contributed by atoms with E-state index in [-0.39, 0.29) is 11.8 Å². The Labute approximate surface area is 144 Å². The molecule has 0 amide bonds. The number of nitrogens with zero attached hydrogens (tertiary/aromatic N) is 1. The number of hydrogen-bond acceptors (Lipinski definition) is 3. The lowest BCUT2D eigenvalue weighted by Gasteiger charge is -2.41. The summed E-state index contributed by atoms with van der Waals surface area (Å²) < 4.78 is 0. The second kappa shape index (κ2) is 7.78. The van der Waals surface area contributed by atoms with E-state index in [2.05, 4.69) is 17.1 Å². The Morgan fingerprint density at radius 3 is 2.48 bits per heavy atom. The van der Waals surface area contributed by atoms with E-state index in [9.17, 15) is 4.79 Å². The van der Waals surface area contributed by atoms with Crippen LogP contribution in [0, 0.1) is 11.8 Å². The molecule has 1 aromatic rings. The summed E-state index contributed by atoms with van der Waals surface area (Å²) in [4.78, 5) is 15.7. The first-order valence-electron chi connectivity index (χ1n) is 8.90. The molecule has 2 aliphatic rings. The zero-order valence-electron chi connectivity index (χ0n) is 13.9. The number of carbonyl (C=O) groups excluding carboxylic acids is 1. The van der Waals surface area contributed by atoms with E-state index < -0.39 is 0 Å². The first-order chi connectivity index (χ1) is 11.2. The van der Waals surface area contributed by atoms with Gasteiger partial charge in [-0.05, 0) is 75.8 Å². The van der Waals surface area contributed by atoms with E-state index in [1.807, 2.05) is 24.3 Å². The third-order valence-electron chi connectivity index (χ3n) is 5.45. The molecule has 1 N–H and O–H groups in total. The summed E-state index contributed by atoms with van der Waals surface area (Å²) in [6.45, 7) is 6.41. The molecule has 2 saturated heterocycles. The molecule has 4 heteroatoms. The molecule has 1 atom stereocenters. The summed E-state index contributed by atoms with van der Waals surface area (Å²) in [6, 6.07) is 7.50. The number of Topliss-reactive ketones (excluding diaryl/α,β-unsaturated/α-hetero) is 1. The zero-order valence-corrected chi connectivity index (χ0v) is 14.7. The Balaban J connectivity index is 1.85. The monoisotopic (exact) mass is 334 g/mol. The first kappa shape index (κ1) is 16.9. The second-order valence-corrected chi connectivity index (χ2v) is 7.50. The van der Waals surface area contributed by atoms with E-state index >= 15 is 0 Å². The first-order valence-corrected chi connectivity index (χ1v) is 9.28. The maximum atomic E-state index is 13.3. The van der Waals surface area contributed by atoms with Gasteiger partial charge in [0.25, 0.3) is 0 Å². The molecule has 1 unspecified atom stereocenters. The summed E-state index contributed by atoms with van der Waals surface area (Å²) in [6.07, 6.45) is 4.54. The predicted octanol–water partition coefficient (Wildman–Crippen LogP) is 3.62. The van der Waals surface area contributed by atoms with Gasteiger partial charge in [-0.3, -0.25) is 9.69 Å². The highest BCUT2D eigenvalue weighted by atomic mass is 35.5. The quantitative estimate of drug-likeness (QED) is 0.853. The molecule has 3 nitrogen and oxygen atoms in total. The van der Waals surface area contributed by atoms with Crippen LogP contribution in [0.15, 0.2) is 24.3 Å². The Morgan fingerprint density at radius 1 is 1.17 bits per heavy atom. The summed E-state index contributed by atoms with van der Waals surface area (Å²) in [5.74, 6) is 1.43. The number of rotatable bonds is 4. The minimum Gasteiger partial charge on any atom is -0.317 e. The molecule has 3 rings (SSSR count). The van der Waals surface area contributed by atoms with Gasteiger partial charge >= 0.3 is 0 Å². The highest BCUT2D eigenvalue weighted by Crippen LogP contribution is 2.30. The fourth-order valence-electron chi connectivity index (χ4n) is 3.97. The van der Waals surface area contributed by atoms with Crippen molar-refractivity contribution >= 4 is 17.4 Å². The van der Waals surface area contributed by atoms with Gasteiger partial charge in [0, 0.05) is 5.56 Å². The van der Waals surface area contributed by atoms with Gasteiger partial charge in [0.1, 0.15) is 0 Å². The average molecular weight is 335 g/mol. The summed E-state index contributed by atoms with van der Waals surface area (Å²) in [5.41, 5.74) is 0.691. The van der Waals surface area contributed by atoms with Crippen molar-refractivity contribution in [3.63, 3.8) is 0 Å².